The molecule has 1 aromatic heterocycles. The Morgan fingerprint density at radius 1 is 1.60 bits per heavy atom. The number of aliphatic hydroxyl groups is 1. The number of carbonyl (C=O) groups excluding carboxylic acids is 1. The lowest BCUT2D eigenvalue weighted by atomic mass is 9.80. The number of aromatic amines is 1. The number of rotatable bonds is 5. The van der Waals surface area contributed by atoms with Crippen molar-refractivity contribution < 1.29 is 14.6 Å². The van der Waals surface area contributed by atoms with Crippen LogP contribution in [0.2, 0.25) is 0 Å². The highest BCUT2D eigenvalue weighted by Gasteiger charge is 2.36. The second kappa shape index (κ2) is 6.45. The average Bonchev–Trinajstić information content (AvgIpc) is 2.84. The standard InChI is InChI=1S/C12H20N4O3S/c1-2-19-9(17)8-3-5-12(18,6-4-8)7-20-11-14-10(13)15-16-11/h8,18H,2-7H2,1H3,(H3,13,14,15,16). The van der Waals surface area contributed by atoms with Crippen LogP contribution in [-0.4, -0.2) is 44.2 Å². The molecule has 112 valence electrons. The monoisotopic (exact) mass is 300 g/mol. The summed E-state index contributed by atoms with van der Waals surface area (Å²) in [6, 6.07) is 0. The minimum Gasteiger partial charge on any atom is -0.466 e. The predicted molar refractivity (Wildman–Crippen MR) is 75.1 cm³/mol. The van der Waals surface area contributed by atoms with Gasteiger partial charge in [-0.25, -0.2) is 5.10 Å². The molecular formula is C12H20N4O3S. The molecule has 0 bridgehead atoms. The lowest BCUT2D eigenvalue weighted by molar-refractivity contribution is -0.150. The van der Waals surface area contributed by atoms with Crippen molar-refractivity contribution in [1.82, 2.24) is 15.2 Å². The minimum absolute atomic E-state index is 0.0839. The maximum Gasteiger partial charge on any atom is 0.308 e. The van der Waals surface area contributed by atoms with Gasteiger partial charge in [0.1, 0.15) is 0 Å². The normalized spacial score (nSPS) is 26.4. The number of carbonyl (C=O) groups is 1. The fourth-order valence-electron chi connectivity index (χ4n) is 2.32. The fourth-order valence-corrected chi connectivity index (χ4v) is 3.28. The van der Waals surface area contributed by atoms with Crippen LogP contribution in [0, 0.1) is 5.92 Å². The Labute approximate surface area is 121 Å². The van der Waals surface area contributed by atoms with Gasteiger partial charge in [-0.1, -0.05) is 11.8 Å². The van der Waals surface area contributed by atoms with Crippen molar-refractivity contribution in [2.24, 2.45) is 5.92 Å². The molecular weight excluding hydrogens is 280 g/mol. The zero-order chi connectivity index (χ0) is 14.6. The van der Waals surface area contributed by atoms with E-state index in [1.165, 1.54) is 11.8 Å². The number of H-pyrrole nitrogens is 1. The molecule has 20 heavy (non-hydrogen) atoms. The van der Waals surface area contributed by atoms with Crippen LogP contribution in [0.25, 0.3) is 0 Å². The molecule has 1 aliphatic rings. The molecule has 0 radical (unpaired) electrons. The summed E-state index contributed by atoms with van der Waals surface area (Å²) in [4.78, 5) is 15.6. The maximum absolute atomic E-state index is 11.6. The molecule has 0 spiro atoms. The highest BCUT2D eigenvalue weighted by Crippen LogP contribution is 2.36. The van der Waals surface area contributed by atoms with Crippen molar-refractivity contribution in [2.45, 2.75) is 43.4 Å². The molecule has 4 N–H and O–H groups in total. The van der Waals surface area contributed by atoms with Crippen LogP contribution in [0.5, 0.6) is 0 Å². The van der Waals surface area contributed by atoms with E-state index in [1.54, 1.807) is 6.92 Å². The van der Waals surface area contributed by atoms with Crippen LogP contribution in [-0.2, 0) is 9.53 Å². The molecule has 7 nitrogen and oxygen atoms in total. The molecule has 1 aromatic rings. The molecule has 0 saturated heterocycles. The van der Waals surface area contributed by atoms with E-state index in [2.05, 4.69) is 15.2 Å². The number of aromatic nitrogens is 3. The Morgan fingerprint density at radius 2 is 2.30 bits per heavy atom. The van der Waals surface area contributed by atoms with Crippen LogP contribution in [0.4, 0.5) is 5.95 Å². The van der Waals surface area contributed by atoms with Crippen LogP contribution in [0.3, 0.4) is 0 Å². The average molecular weight is 300 g/mol. The number of thioether (sulfide) groups is 1. The third-order valence-corrected chi connectivity index (χ3v) is 4.61. The van der Waals surface area contributed by atoms with Gasteiger partial charge in [0.15, 0.2) is 0 Å². The molecule has 0 unspecified atom stereocenters. The molecule has 1 fully saturated rings. The largest absolute Gasteiger partial charge is 0.466 e. The van der Waals surface area contributed by atoms with E-state index in [-0.39, 0.29) is 17.8 Å². The van der Waals surface area contributed by atoms with Gasteiger partial charge in [-0.05, 0) is 32.6 Å². The van der Waals surface area contributed by atoms with E-state index in [1.807, 2.05) is 0 Å². The van der Waals surface area contributed by atoms with Crippen LogP contribution >= 0.6 is 11.8 Å². The molecule has 8 heteroatoms. The third kappa shape index (κ3) is 3.86. The summed E-state index contributed by atoms with van der Waals surface area (Å²) in [6.45, 7) is 2.21. The van der Waals surface area contributed by atoms with Crippen molar-refractivity contribution in [1.29, 1.82) is 0 Å². The minimum atomic E-state index is -0.775. The number of nitrogen functional groups attached to an aromatic ring is 1. The number of hydrogen-bond donors (Lipinski definition) is 3. The second-order valence-electron chi connectivity index (χ2n) is 5.04. The molecule has 1 heterocycles. The summed E-state index contributed by atoms with van der Waals surface area (Å²) in [6.07, 6.45) is 2.49. The Hall–Kier alpha value is -1.28. The third-order valence-electron chi connectivity index (χ3n) is 3.49. The first kappa shape index (κ1) is 15.1. The summed E-state index contributed by atoms with van der Waals surface area (Å²) in [5.41, 5.74) is 4.67. The lowest BCUT2D eigenvalue weighted by Gasteiger charge is -2.34. The topological polar surface area (TPSA) is 114 Å². The van der Waals surface area contributed by atoms with Gasteiger partial charge >= 0.3 is 5.97 Å². The molecule has 0 aromatic carbocycles. The van der Waals surface area contributed by atoms with Gasteiger partial charge in [0, 0.05) is 5.75 Å². The SMILES string of the molecule is CCOC(=O)C1CCC(O)(CSc2n[nH]c(N)n2)CC1. The van der Waals surface area contributed by atoms with Crippen molar-refractivity contribution >= 4 is 23.7 Å². The summed E-state index contributed by atoms with van der Waals surface area (Å²) in [7, 11) is 0. The van der Waals surface area contributed by atoms with Gasteiger partial charge in [-0.3, -0.25) is 4.79 Å². The number of anilines is 1. The van der Waals surface area contributed by atoms with Gasteiger partial charge < -0.3 is 15.6 Å². The number of nitrogens with zero attached hydrogens (tertiary/aromatic N) is 2. The van der Waals surface area contributed by atoms with Gasteiger partial charge in [0.05, 0.1) is 18.1 Å². The van der Waals surface area contributed by atoms with E-state index >= 15 is 0 Å². The zero-order valence-corrected chi connectivity index (χ0v) is 12.3. The summed E-state index contributed by atoms with van der Waals surface area (Å²) >= 11 is 1.37. The van der Waals surface area contributed by atoms with Crippen molar-refractivity contribution in [2.75, 3.05) is 18.1 Å². The summed E-state index contributed by atoms with van der Waals surface area (Å²) in [5.74, 6) is 0.536. The quantitative estimate of drug-likeness (QED) is 0.548. The Kier molecular flexibility index (Phi) is 4.87. The zero-order valence-electron chi connectivity index (χ0n) is 11.5. The number of esters is 1. The van der Waals surface area contributed by atoms with E-state index in [0.29, 0.717) is 43.2 Å². The van der Waals surface area contributed by atoms with Crippen LogP contribution < -0.4 is 5.73 Å². The van der Waals surface area contributed by atoms with Gasteiger partial charge in [-0.2, -0.15) is 4.98 Å². The number of nitrogens with one attached hydrogen (secondary N) is 1. The second-order valence-corrected chi connectivity index (χ2v) is 5.99. The van der Waals surface area contributed by atoms with Gasteiger partial charge in [0.25, 0.3) is 0 Å². The smallest absolute Gasteiger partial charge is 0.308 e. The molecule has 0 aliphatic heterocycles. The molecule has 0 atom stereocenters. The molecule has 2 rings (SSSR count). The van der Waals surface area contributed by atoms with Gasteiger partial charge in [-0.15, -0.1) is 5.10 Å². The maximum atomic E-state index is 11.6. The highest BCUT2D eigenvalue weighted by molar-refractivity contribution is 7.99. The van der Waals surface area contributed by atoms with E-state index < -0.39 is 5.60 Å². The highest BCUT2D eigenvalue weighted by atomic mass is 32.2. The number of ether oxygens (including phenoxy) is 1. The number of hydrogen-bond acceptors (Lipinski definition) is 7. The fraction of sp³-hybridized carbons (Fsp3) is 0.750. The summed E-state index contributed by atoms with van der Waals surface area (Å²) < 4.78 is 5.02. The molecule has 1 saturated carbocycles. The van der Waals surface area contributed by atoms with E-state index in [0.717, 1.165) is 0 Å². The first-order chi connectivity index (χ1) is 9.52. The van der Waals surface area contributed by atoms with Crippen molar-refractivity contribution in [3.8, 4) is 0 Å². The number of nitrogens with two attached hydrogens (primary N) is 1. The van der Waals surface area contributed by atoms with E-state index in [4.69, 9.17) is 10.5 Å². The Balaban J connectivity index is 1.80. The van der Waals surface area contributed by atoms with Crippen molar-refractivity contribution in [3.05, 3.63) is 0 Å². The first-order valence-electron chi connectivity index (χ1n) is 6.72. The molecule has 1 aliphatic carbocycles. The summed E-state index contributed by atoms with van der Waals surface area (Å²) in [5, 5.41) is 17.5. The molecule has 0 amide bonds. The lowest BCUT2D eigenvalue weighted by Crippen LogP contribution is -2.38. The predicted octanol–water partition coefficient (Wildman–Crippen LogP) is 0.963. The van der Waals surface area contributed by atoms with Crippen molar-refractivity contribution in [3.63, 3.8) is 0 Å². The van der Waals surface area contributed by atoms with E-state index in [9.17, 15) is 9.90 Å². The van der Waals surface area contributed by atoms with Crippen LogP contribution in [0.15, 0.2) is 5.16 Å². The van der Waals surface area contributed by atoms with Crippen LogP contribution in [0.1, 0.15) is 32.6 Å². The Morgan fingerprint density at radius 3 is 2.85 bits per heavy atom. The van der Waals surface area contributed by atoms with Gasteiger partial charge in [0.2, 0.25) is 11.1 Å². The first-order valence-corrected chi connectivity index (χ1v) is 7.70. The Bertz CT molecular complexity index is 457.